The van der Waals surface area contributed by atoms with E-state index >= 15 is 0 Å². The van der Waals surface area contributed by atoms with Gasteiger partial charge in [0.05, 0.1) is 18.7 Å². The molecule has 8 heteroatoms. The number of aromatic amines is 1. The first-order valence-corrected chi connectivity index (χ1v) is 7.64. The summed E-state index contributed by atoms with van der Waals surface area (Å²) in [6.07, 6.45) is 2.47. The number of amides is 2. The van der Waals surface area contributed by atoms with E-state index in [2.05, 4.69) is 20.5 Å². The highest BCUT2D eigenvalue weighted by molar-refractivity contribution is 5.98. The summed E-state index contributed by atoms with van der Waals surface area (Å²) in [5.41, 5.74) is 1.47. The van der Waals surface area contributed by atoms with E-state index in [4.69, 9.17) is 0 Å². The lowest BCUT2D eigenvalue weighted by atomic mass is 10.1. The van der Waals surface area contributed by atoms with E-state index in [1.54, 1.807) is 24.2 Å². The van der Waals surface area contributed by atoms with Gasteiger partial charge in [0.1, 0.15) is 11.9 Å². The molecule has 2 N–H and O–H groups in total. The van der Waals surface area contributed by atoms with Crippen molar-refractivity contribution in [1.82, 2.24) is 30.0 Å². The van der Waals surface area contributed by atoms with Crippen molar-refractivity contribution in [2.24, 2.45) is 0 Å². The van der Waals surface area contributed by atoms with Crippen molar-refractivity contribution in [2.75, 3.05) is 7.05 Å². The summed E-state index contributed by atoms with van der Waals surface area (Å²) in [6.45, 7) is 4.46. The van der Waals surface area contributed by atoms with Crippen molar-refractivity contribution in [1.29, 1.82) is 0 Å². The zero-order valence-electron chi connectivity index (χ0n) is 13.5. The Hall–Kier alpha value is -2.64. The number of nitrogens with one attached hydrogen (secondary N) is 2. The van der Waals surface area contributed by atoms with Gasteiger partial charge in [-0.05, 0) is 19.4 Å². The Bertz CT molecular complexity index is 747. The molecular weight excluding hydrogens is 296 g/mol. The second-order valence-electron chi connectivity index (χ2n) is 5.56. The summed E-state index contributed by atoms with van der Waals surface area (Å²) in [4.78, 5) is 29.9. The van der Waals surface area contributed by atoms with E-state index in [1.165, 1.54) is 0 Å². The number of hydrogen-bond acceptors (Lipinski definition) is 4. The largest absolute Gasteiger partial charge is 0.364 e. The van der Waals surface area contributed by atoms with E-state index in [0.717, 1.165) is 17.9 Å². The minimum absolute atomic E-state index is 0.163. The molecule has 1 unspecified atom stereocenters. The highest BCUT2D eigenvalue weighted by Crippen LogP contribution is 2.22. The Kier molecular flexibility index (Phi) is 3.89. The molecule has 0 aliphatic carbocycles. The average molecular weight is 316 g/mol. The predicted octanol–water partition coefficient (Wildman–Crippen LogP) is 0.248. The molecule has 0 radical (unpaired) electrons. The van der Waals surface area contributed by atoms with Crippen molar-refractivity contribution < 1.29 is 9.59 Å². The van der Waals surface area contributed by atoms with Gasteiger partial charge in [0.25, 0.3) is 5.91 Å². The van der Waals surface area contributed by atoms with Crippen molar-refractivity contribution in [3.63, 3.8) is 0 Å². The normalized spacial score (nSPS) is 17.0. The molecule has 0 spiro atoms. The summed E-state index contributed by atoms with van der Waals surface area (Å²) < 4.78 is 1.89. The Labute approximate surface area is 133 Å². The molecule has 0 saturated carbocycles. The maximum atomic E-state index is 13.0. The third kappa shape index (κ3) is 2.49. The van der Waals surface area contributed by atoms with Gasteiger partial charge >= 0.3 is 0 Å². The molecule has 0 aromatic carbocycles. The third-order valence-corrected chi connectivity index (χ3v) is 4.28. The van der Waals surface area contributed by atoms with Gasteiger partial charge < -0.3 is 19.8 Å². The van der Waals surface area contributed by atoms with Gasteiger partial charge in [0, 0.05) is 18.9 Å². The number of rotatable bonds is 3. The molecule has 1 atom stereocenters. The average Bonchev–Trinajstić information content (AvgIpc) is 3.19. The summed E-state index contributed by atoms with van der Waals surface area (Å²) in [6, 6.07) is 1.18. The van der Waals surface area contributed by atoms with Crippen molar-refractivity contribution in [3.05, 3.63) is 35.2 Å². The fourth-order valence-corrected chi connectivity index (χ4v) is 2.97. The molecular formula is C15H20N6O2. The van der Waals surface area contributed by atoms with Crippen LogP contribution in [0.4, 0.5) is 0 Å². The summed E-state index contributed by atoms with van der Waals surface area (Å²) in [7, 11) is 1.58. The molecule has 0 saturated heterocycles. The SMILES string of the molecule is CCc1[nH]ccc1C(=O)N1Cc2nnc(C)n2CC1C(=O)NC. The van der Waals surface area contributed by atoms with Gasteiger partial charge in [-0.15, -0.1) is 10.2 Å². The van der Waals surface area contributed by atoms with Gasteiger partial charge in [-0.3, -0.25) is 9.59 Å². The van der Waals surface area contributed by atoms with Crippen molar-refractivity contribution in [2.45, 2.75) is 39.4 Å². The molecule has 3 rings (SSSR count). The maximum Gasteiger partial charge on any atom is 0.256 e. The smallest absolute Gasteiger partial charge is 0.256 e. The lowest BCUT2D eigenvalue weighted by Crippen LogP contribution is -2.53. The monoisotopic (exact) mass is 316 g/mol. The first-order valence-electron chi connectivity index (χ1n) is 7.64. The second-order valence-corrected chi connectivity index (χ2v) is 5.56. The number of nitrogens with zero attached hydrogens (tertiary/aromatic N) is 4. The highest BCUT2D eigenvalue weighted by Gasteiger charge is 2.37. The van der Waals surface area contributed by atoms with Crippen LogP contribution in [0.3, 0.4) is 0 Å². The van der Waals surface area contributed by atoms with Crippen LogP contribution >= 0.6 is 0 Å². The topological polar surface area (TPSA) is 95.9 Å². The van der Waals surface area contributed by atoms with E-state index in [0.29, 0.717) is 17.9 Å². The van der Waals surface area contributed by atoms with Crippen LogP contribution in [-0.4, -0.2) is 49.6 Å². The van der Waals surface area contributed by atoms with Crippen LogP contribution < -0.4 is 5.32 Å². The number of H-pyrrole nitrogens is 1. The molecule has 23 heavy (non-hydrogen) atoms. The number of aryl methyl sites for hydroxylation is 2. The zero-order chi connectivity index (χ0) is 16.6. The molecule has 1 aliphatic rings. The van der Waals surface area contributed by atoms with Gasteiger partial charge in [0.2, 0.25) is 5.91 Å². The Balaban J connectivity index is 1.98. The van der Waals surface area contributed by atoms with Crippen molar-refractivity contribution >= 4 is 11.8 Å². The molecule has 1 aliphatic heterocycles. The van der Waals surface area contributed by atoms with Crippen LogP contribution in [0.25, 0.3) is 0 Å². The van der Waals surface area contributed by atoms with Crippen LogP contribution in [0, 0.1) is 6.92 Å². The van der Waals surface area contributed by atoms with Crippen LogP contribution in [0.1, 0.15) is 34.6 Å². The number of hydrogen-bond donors (Lipinski definition) is 2. The van der Waals surface area contributed by atoms with E-state index < -0.39 is 6.04 Å². The first kappa shape index (κ1) is 15.3. The molecule has 0 fully saturated rings. The molecule has 8 nitrogen and oxygen atoms in total. The molecule has 2 aromatic heterocycles. The minimum atomic E-state index is -0.575. The van der Waals surface area contributed by atoms with Crippen molar-refractivity contribution in [3.8, 4) is 0 Å². The maximum absolute atomic E-state index is 13.0. The number of likely N-dealkylation sites (N-methyl/N-ethyl adjacent to an activating group) is 1. The Morgan fingerprint density at radius 2 is 2.22 bits per heavy atom. The Morgan fingerprint density at radius 1 is 1.43 bits per heavy atom. The number of carbonyl (C=O) groups excluding carboxylic acids is 2. The quantitative estimate of drug-likeness (QED) is 0.848. The summed E-state index contributed by atoms with van der Waals surface area (Å²) in [5, 5.41) is 10.8. The fraction of sp³-hybridized carbons (Fsp3) is 0.467. The summed E-state index contributed by atoms with van der Waals surface area (Å²) in [5.74, 6) is 1.09. The van der Waals surface area contributed by atoms with Crippen LogP contribution in [-0.2, 0) is 24.3 Å². The minimum Gasteiger partial charge on any atom is -0.364 e. The van der Waals surface area contributed by atoms with Gasteiger partial charge in [-0.2, -0.15) is 0 Å². The number of aromatic nitrogens is 4. The molecule has 122 valence electrons. The number of fused-ring (bicyclic) bond motifs is 1. The predicted molar refractivity (Wildman–Crippen MR) is 82.7 cm³/mol. The third-order valence-electron chi connectivity index (χ3n) is 4.28. The highest BCUT2D eigenvalue weighted by atomic mass is 16.2. The standard InChI is InChI=1S/C15H20N6O2/c1-4-11-10(5-6-17-11)15(23)21-8-13-19-18-9(2)20(13)7-12(21)14(22)16-3/h5-6,12,17H,4,7-8H2,1-3H3,(H,16,22). The molecule has 2 amide bonds. The van der Waals surface area contributed by atoms with E-state index in [9.17, 15) is 9.59 Å². The molecule has 2 aromatic rings. The van der Waals surface area contributed by atoms with Crippen LogP contribution in [0.5, 0.6) is 0 Å². The van der Waals surface area contributed by atoms with Crippen LogP contribution in [0.15, 0.2) is 12.3 Å². The summed E-state index contributed by atoms with van der Waals surface area (Å²) >= 11 is 0. The molecule has 3 heterocycles. The zero-order valence-corrected chi connectivity index (χ0v) is 13.5. The lowest BCUT2D eigenvalue weighted by Gasteiger charge is -2.35. The second kappa shape index (κ2) is 5.86. The van der Waals surface area contributed by atoms with Crippen LogP contribution in [0.2, 0.25) is 0 Å². The van der Waals surface area contributed by atoms with E-state index in [1.807, 2.05) is 18.4 Å². The van der Waals surface area contributed by atoms with Gasteiger partial charge in [-0.1, -0.05) is 6.92 Å². The Morgan fingerprint density at radius 3 is 2.91 bits per heavy atom. The van der Waals surface area contributed by atoms with Gasteiger partial charge in [-0.25, -0.2) is 0 Å². The first-order chi connectivity index (χ1) is 11.1. The lowest BCUT2D eigenvalue weighted by molar-refractivity contribution is -0.126. The fourth-order valence-electron chi connectivity index (χ4n) is 2.97. The van der Waals surface area contributed by atoms with Gasteiger partial charge in [0.15, 0.2) is 5.82 Å². The number of carbonyl (C=O) groups is 2. The molecule has 0 bridgehead atoms. The van der Waals surface area contributed by atoms with E-state index in [-0.39, 0.29) is 18.4 Å².